The first-order valence-electron chi connectivity index (χ1n) is 5.07. The Balaban J connectivity index is 0.00000128. The van der Waals surface area contributed by atoms with Gasteiger partial charge in [0, 0.05) is 31.2 Å². The number of rotatable bonds is 2. The lowest BCUT2D eigenvalue weighted by Crippen LogP contribution is -2.26. The molecule has 1 atom stereocenters. The molecule has 0 aliphatic carbocycles. The molecule has 1 aromatic carbocycles. The maximum atomic E-state index is 13.6. The third kappa shape index (κ3) is 3.08. The maximum Gasteiger partial charge on any atom is 0.146 e. The Bertz CT molecular complexity index is 360. The zero-order chi connectivity index (χ0) is 10.8. The Hall–Kier alpha value is -0.350. The van der Waals surface area contributed by atoms with E-state index in [2.05, 4.69) is 4.90 Å². The molecule has 1 heterocycles. The summed E-state index contributed by atoms with van der Waals surface area (Å²) in [7, 11) is 0. The first kappa shape index (κ1) is 13.7. The zero-order valence-electron chi connectivity index (χ0n) is 8.83. The lowest BCUT2D eigenvalue weighted by molar-refractivity contribution is 0.321. The summed E-state index contributed by atoms with van der Waals surface area (Å²) in [4.78, 5) is 2.15. The van der Waals surface area contributed by atoms with Crippen molar-refractivity contribution < 1.29 is 4.39 Å². The molecule has 2 N–H and O–H groups in total. The van der Waals surface area contributed by atoms with E-state index in [4.69, 9.17) is 17.3 Å². The highest BCUT2D eigenvalue weighted by Crippen LogP contribution is 2.20. The molecular weight excluding hydrogens is 250 g/mol. The van der Waals surface area contributed by atoms with Crippen LogP contribution in [0.5, 0.6) is 0 Å². The smallest absolute Gasteiger partial charge is 0.146 e. The van der Waals surface area contributed by atoms with Crippen molar-refractivity contribution in [2.24, 2.45) is 5.73 Å². The zero-order valence-corrected chi connectivity index (χ0v) is 10.4. The molecule has 2 nitrogen and oxygen atoms in total. The minimum atomic E-state index is -0.306. The van der Waals surface area contributed by atoms with Crippen molar-refractivity contribution in [3.05, 3.63) is 34.6 Å². The molecule has 16 heavy (non-hydrogen) atoms. The number of nitrogens with two attached hydrogens (primary N) is 1. The van der Waals surface area contributed by atoms with Gasteiger partial charge in [0.15, 0.2) is 0 Å². The van der Waals surface area contributed by atoms with Crippen LogP contribution >= 0.6 is 24.0 Å². The third-order valence-electron chi connectivity index (χ3n) is 2.73. The highest BCUT2D eigenvalue weighted by atomic mass is 35.5. The summed E-state index contributed by atoms with van der Waals surface area (Å²) in [5.74, 6) is -0.306. The van der Waals surface area contributed by atoms with Gasteiger partial charge < -0.3 is 5.73 Å². The van der Waals surface area contributed by atoms with E-state index in [0.717, 1.165) is 19.5 Å². The Kier molecular flexibility index (Phi) is 4.99. The van der Waals surface area contributed by atoms with Gasteiger partial charge in [-0.15, -0.1) is 12.4 Å². The van der Waals surface area contributed by atoms with Crippen molar-refractivity contribution in [2.45, 2.75) is 19.0 Å². The minimum absolute atomic E-state index is 0. The van der Waals surface area contributed by atoms with Gasteiger partial charge in [0.1, 0.15) is 5.82 Å². The number of halogens is 3. The lowest BCUT2D eigenvalue weighted by atomic mass is 10.2. The number of nitrogens with zero attached hydrogens (tertiary/aromatic N) is 1. The fraction of sp³-hybridized carbons (Fsp3) is 0.455. The van der Waals surface area contributed by atoms with Gasteiger partial charge in [-0.25, -0.2) is 4.39 Å². The van der Waals surface area contributed by atoms with Gasteiger partial charge in [-0.05, 0) is 12.5 Å². The molecule has 1 aliphatic rings. The van der Waals surface area contributed by atoms with E-state index in [1.807, 2.05) is 0 Å². The van der Waals surface area contributed by atoms with Crippen LogP contribution in [0.25, 0.3) is 0 Å². The van der Waals surface area contributed by atoms with E-state index in [1.54, 1.807) is 18.2 Å². The molecule has 1 aliphatic heterocycles. The van der Waals surface area contributed by atoms with Gasteiger partial charge in [0.2, 0.25) is 0 Å². The monoisotopic (exact) mass is 264 g/mol. The Morgan fingerprint density at radius 1 is 1.50 bits per heavy atom. The third-order valence-corrected chi connectivity index (χ3v) is 3.03. The van der Waals surface area contributed by atoms with Crippen LogP contribution in [0.3, 0.4) is 0 Å². The highest BCUT2D eigenvalue weighted by Gasteiger charge is 2.20. The second kappa shape index (κ2) is 5.82. The molecular formula is C11H15Cl2FN2. The number of hydrogen-bond acceptors (Lipinski definition) is 2. The molecule has 90 valence electrons. The second-order valence-electron chi connectivity index (χ2n) is 4.00. The predicted octanol–water partition coefficient (Wildman–Crippen LogP) is 2.43. The fourth-order valence-electron chi connectivity index (χ4n) is 1.92. The summed E-state index contributed by atoms with van der Waals surface area (Å²) in [6.07, 6.45) is 0.988. The topological polar surface area (TPSA) is 29.3 Å². The average Bonchev–Trinajstić information content (AvgIpc) is 2.59. The number of benzene rings is 1. The van der Waals surface area contributed by atoms with Crippen molar-refractivity contribution in [2.75, 3.05) is 13.1 Å². The molecule has 0 spiro atoms. The Morgan fingerprint density at radius 2 is 2.25 bits per heavy atom. The van der Waals surface area contributed by atoms with Gasteiger partial charge in [0.25, 0.3) is 0 Å². The van der Waals surface area contributed by atoms with Crippen LogP contribution in [0.2, 0.25) is 5.02 Å². The molecule has 2 rings (SSSR count). The molecule has 0 unspecified atom stereocenters. The average molecular weight is 265 g/mol. The molecule has 0 aromatic heterocycles. The van der Waals surface area contributed by atoms with Crippen LogP contribution in [0.15, 0.2) is 18.2 Å². The van der Waals surface area contributed by atoms with Crippen LogP contribution in [-0.4, -0.2) is 24.0 Å². The van der Waals surface area contributed by atoms with Crippen LogP contribution in [0.4, 0.5) is 4.39 Å². The van der Waals surface area contributed by atoms with Crippen LogP contribution in [0, 0.1) is 5.82 Å². The number of hydrogen-bond donors (Lipinski definition) is 1. The van der Waals surface area contributed by atoms with E-state index in [-0.39, 0.29) is 29.3 Å². The van der Waals surface area contributed by atoms with Crippen molar-refractivity contribution in [1.29, 1.82) is 0 Å². The molecule has 1 fully saturated rings. The standard InChI is InChI=1S/C11H14ClFN2.ClH/c12-10-3-1-2-8(11(10)13)6-15-5-4-9(14)7-15;/h1-3,9H,4-7,14H2;1H/t9-;/m0./s1. The molecule has 1 saturated heterocycles. The van der Waals surface area contributed by atoms with Crippen LogP contribution in [0.1, 0.15) is 12.0 Å². The second-order valence-corrected chi connectivity index (χ2v) is 4.40. The quantitative estimate of drug-likeness (QED) is 0.889. The molecule has 0 radical (unpaired) electrons. The van der Waals surface area contributed by atoms with Crippen LogP contribution < -0.4 is 5.73 Å². The van der Waals surface area contributed by atoms with Crippen molar-refractivity contribution in [1.82, 2.24) is 4.90 Å². The summed E-state index contributed by atoms with van der Waals surface area (Å²) in [6.45, 7) is 2.37. The summed E-state index contributed by atoms with van der Waals surface area (Å²) < 4.78 is 13.6. The molecule has 5 heteroatoms. The fourth-order valence-corrected chi connectivity index (χ4v) is 2.11. The first-order chi connectivity index (χ1) is 7.16. The SMILES string of the molecule is Cl.N[C@H]1CCN(Cc2cccc(Cl)c2F)C1. The highest BCUT2D eigenvalue weighted by molar-refractivity contribution is 6.30. The first-order valence-corrected chi connectivity index (χ1v) is 5.45. The van der Waals surface area contributed by atoms with Gasteiger partial charge in [-0.1, -0.05) is 23.7 Å². The van der Waals surface area contributed by atoms with Crippen molar-refractivity contribution in [3.63, 3.8) is 0 Å². The van der Waals surface area contributed by atoms with Gasteiger partial charge in [-0.3, -0.25) is 4.90 Å². The Morgan fingerprint density at radius 3 is 2.88 bits per heavy atom. The van der Waals surface area contributed by atoms with E-state index >= 15 is 0 Å². The van der Waals surface area contributed by atoms with Gasteiger partial charge in [0.05, 0.1) is 5.02 Å². The van der Waals surface area contributed by atoms with Crippen molar-refractivity contribution in [3.8, 4) is 0 Å². The van der Waals surface area contributed by atoms with Crippen molar-refractivity contribution >= 4 is 24.0 Å². The van der Waals surface area contributed by atoms with E-state index < -0.39 is 0 Å². The molecule has 0 bridgehead atoms. The summed E-state index contributed by atoms with van der Waals surface area (Å²) >= 11 is 5.71. The lowest BCUT2D eigenvalue weighted by Gasteiger charge is -2.15. The van der Waals surface area contributed by atoms with Gasteiger partial charge >= 0.3 is 0 Å². The maximum absolute atomic E-state index is 13.6. The summed E-state index contributed by atoms with van der Waals surface area (Å²) in [6, 6.07) is 5.34. The molecule has 0 saturated carbocycles. The largest absolute Gasteiger partial charge is 0.326 e. The van der Waals surface area contributed by atoms with E-state index in [0.29, 0.717) is 12.1 Å². The van der Waals surface area contributed by atoms with Gasteiger partial charge in [-0.2, -0.15) is 0 Å². The molecule has 1 aromatic rings. The van der Waals surface area contributed by atoms with Crippen LogP contribution in [-0.2, 0) is 6.54 Å². The summed E-state index contributed by atoms with van der Waals surface area (Å²) in [5, 5.41) is 0.191. The summed E-state index contributed by atoms with van der Waals surface area (Å²) in [5.41, 5.74) is 6.43. The number of likely N-dealkylation sites (tertiary alicyclic amines) is 1. The predicted molar refractivity (Wildman–Crippen MR) is 66.5 cm³/mol. The normalized spacial score (nSPS) is 20.8. The van der Waals surface area contributed by atoms with E-state index in [9.17, 15) is 4.39 Å². The van der Waals surface area contributed by atoms with E-state index in [1.165, 1.54) is 0 Å². The Labute approximate surface area is 106 Å². The minimum Gasteiger partial charge on any atom is -0.326 e. The molecule has 0 amide bonds.